The summed E-state index contributed by atoms with van der Waals surface area (Å²) in [6.45, 7) is 1.69. The highest BCUT2D eigenvalue weighted by Gasteiger charge is 2.32. The third-order valence-electron chi connectivity index (χ3n) is 1.54. The number of alkyl halides is 4. The molecule has 1 heterocycles. The zero-order valence-electron chi connectivity index (χ0n) is 7.53. The molecule has 0 saturated carbocycles. The van der Waals surface area contributed by atoms with Gasteiger partial charge in [0.2, 0.25) is 0 Å². The molecular formula is C8H6ClF3INO. The maximum absolute atomic E-state index is 12.0. The summed E-state index contributed by atoms with van der Waals surface area (Å²) in [6.07, 6.45) is -4.72. The molecule has 0 saturated heterocycles. The highest BCUT2D eigenvalue weighted by molar-refractivity contribution is 14.1. The Hall–Kier alpha value is -0.240. The van der Waals surface area contributed by atoms with Gasteiger partial charge in [-0.3, -0.25) is 4.98 Å². The van der Waals surface area contributed by atoms with Crippen molar-refractivity contribution in [3.63, 3.8) is 0 Å². The Kier molecular flexibility index (Phi) is 4.05. The minimum absolute atomic E-state index is 0.0897. The lowest BCUT2D eigenvalue weighted by Crippen LogP contribution is -2.18. The highest BCUT2D eigenvalue weighted by Crippen LogP contribution is 2.28. The Morgan fingerprint density at radius 3 is 2.60 bits per heavy atom. The van der Waals surface area contributed by atoms with Gasteiger partial charge >= 0.3 is 6.36 Å². The van der Waals surface area contributed by atoms with Crippen molar-refractivity contribution >= 4 is 34.2 Å². The van der Waals surface area contributed by atoms with Crippen LogP contribution in [-0.4, -0.2) is 11.3 Å². The molecule has 0 unspecified atom stereocenters. The maximum Gasteiger partial charge on any atom is 0.573 e. The minimum atomic E-state index is -4.72. The van der Waals surface area contributed by atoms with Gasteiger partial charge in [-0.15, -0.1) is 24.8 Å². The van der Waals surface area contributed by atoms with Crippen LogP contribution in [0, 0.1) is 10.5 Å². The van der Waals surface area contributed by atoms with E-state index in [-0.39, 0.29) is 17.3 Å². The predicted molar refractivity (Wildman–Crippen MR) is 57.9 cm³/mol. The fourth-order valence-electron chi connectivity index (χ4n) is 0.923. The van der Waals surface area contributed by atoms with Gasteiger partial charge in [-0.05, 0) is 35.6 Å². The SMILES string of the molecule is Cc1nc(CCl)c(OC(F)(F)F)cc1I. The van der Waals surface area contributed by atoms with Gasteiger partial charge in [0, 0.05) is 3.57 Å². The quantitative estimate of drug-likeness (QED) is 0.600. The Morgan fingerprint density at radius 2 is 2.13 bits per heavy atom. The fraction of sp³-hybridized carbons (Fsp3) is 0.375. The smallest absolute Gasteiger partial charge is 0.404 e. The van der Waals surface area contributed by atoms with Gasteiger partial charge in [0.25, 0.3) is 0 Å². The largest absolute Gasteiger partial charge is 0.573 e. The summed E-state index contributed by atoms with van der Waals surface area (Å²) in [6, 6.07) is 1.27. The monoisotopic (exact) mass is 351 g/mol. The van der Waals surface area contributed by atoms with E-state index in [2.05, 4.69) is 9.72 Å². The minimum Gasteiger partial charge on any atom is -0.404 e. The molecule has 2 nitrogen and oxygen atoms in total. The number of nitrogens with zero attached hydrogens (tertiary/aromatic N) is 1. The van der Waals surface area contributed by atoms with Crippen molar-refractivity contribution in [2.75, 3.05) is 0 Å². The summed E-state index contributed by atoms with van der Waals surface area (Å²) in [5, 5.41) is 0. The average molecular weight is 351 g/mol. The molecule has 0 amide bonds. The number of pyridine rings is 1. The number of rotatable bonds is 2. The molecule has 0 fully saturated rings. The number of hydrogen-bond donors (Lipinski definition) is 0. The second-order valence-electron chi connectivity index (χ2n) is 2.68. The fourth-order valence-corrected chi connectivity index (χ4v) is 1.52. The Labute approximate surface area is 103 Å². The normalized spacial score (nSPS) is 11.6. The molecule has 0 radical (unpaired) electrons. The molecule has 15 heavy (non-hydrogen) atoms. The molecule has 0 aliphatic rings. The highest BCUT2D eigenvalue weighted by atomic mass is 127. The topological polar surface area (TPSA) is 22.1 Å². The molecule has 0 aliphatic carbocycles. The van der Waals surface area contributed by atoms with Crippen molar-refractivity contribution in [1.29, 1.82) is 0 Å². The van der Waals surface area contributed by atoms with Crippen LogP contribution in [0.4, 0.5) is 13.2 Å². The molecule has 0 N–H and O–H groups in total. The number of halogens is 5. The molecule has 0 spiro atoms. The summed E-state index contributed by atoms with van der Waals surface area (Å²) in [5.74, 6) is -0.462. The lowest BCUT2D eigenvalue weighted by atomic mass is 10.3. The first-order valence-corrected chi connectivity index (χ1v) is 5.42. The van der Waals surface area contributed by atoms with E-state index >= 15 is 0 Å². The van der Waals surface area contributed by atoms with Crippen molar-refractivity contribution in [3.05, 3.63) is 21.0 Å². The standard InChI is InChI=1S/C8H6ClF3INO/c1-4-5(13)2-7(6(3-9)14-4)15-8(10,11)12/h2H,3H2,1H3. The Morgan fingerprint density at radius 1 is 1.53 bits per heavy atom. The van der Waals surface area contributed by atoms with Crippen LogP contribution in [0.15, 0.2) is 6.07 Å². The summed E-state index contributed by atoms with van der Waals surface area (Å²) < 4.78 is 40.4. The molecule has 7 heteroatoms. The van der Waals surface area contributed by atoms with Gasteiger partial charge in [0.1, 0.15) is 0 Å². The van der Waals surface area contributed by atoms with Crippen molar-refractivity contribution in [1.82, 2.24) is 4.98 Å². The van der Waals surface area contributed by atoms with E-state index in [1.807, 2.05) is 22.6 Å². The molecule has 84 valence electrons. The Bertz CT molecular complexity index is 370. The van der Waals surface area contributed by atoms with Crippen LogP contribution >= 0.6 is 34.2 Å². The van der Waals surface area contributed by atoms with Gasteiger partial charge in [0.05, 0.1) is 17.3 Å². The Balaban J connectivity index is 3.11. The van der Waals surface area contributed by atoms with Crippen LogP contribution in [0.25, 0.3) is 0 Å². The number of aromatic nitrogens is 1. The molecular weight excluding hydrogens is 345 g/mol. The molecule has 0 bridgehead atoms. The third kappa shape index (κ3) is 3.67. The predicted octanol–water partition coefficient (Wildman–Crippen LogP) is 3.63. The molecule has 1 aromatic rings. The number of aryl methyl sites for hydroxylation is 1. The van der Waals surface area contributed by atoms with Crippen molar-refractivity contribution in [2.24, 2.45) is 0 Å². The van der Waals surface area contributed by atoms with Gasteiger partial charge in [-0.25, -0.2) is 0 Å². The van der Waals surface area contributed by atoms with Crippen molar-refractivity contribution < 1.29 is 17.9 Å². The lowest BCUT2D eigenvalue weighted by Gasteiger charge is -2.12. The van der Waals surface area contributed by atoms with Crippen LogP contribution in [-0.2, 0) is 5.88 Å². The second-order valence-corrected chi connectivity index (χ2v) is 4.11. The van der Waals surface area contributed by atoms with E-state index in [9.17, 15) is 13.2 Å². The first-order valence-electron chi connectivity index (χ1n) is 3.81. The van der Waals surface area contributed by atoms with E-state index in [1.165, 1.54) is 6.07 Å². The molecule has 0 atom stereocenters. The second kappa shape index (κ2) is 4.73. The zero-order valence-corrected chi connectivity index (χ0v) is 10.4. The first kappa shape index (κ1) is 12.8. The zero-order chi connectivity index (χ0) is 11.6. The van der Waals surface area contributed by atoms with Crippen LogP contribution in [0.3, 0.4) is 0 Å². The number of ether oxygens (including phenoxy) is 1. The summed E-state index contributed by atoms with van der Waals surface area (Å²) in [7, 11) is 0. The van der Waals surface area contributed by atoms with Crippen molar-refractivity contribution in [3.8, 4) is 5.75 Å². The average Bonchev–Trinajstić information content (AvgIpc) is 2.08. The van der Waals surface area contributed by atoms with Gasteiger partial charge < -0.3 is 4.74 Å². The van der Waals surface area contributed by atoms with Crippen LogP contribution in [0.2, 0.25) is 0 Å². The van der Waals surface area contributed by atoms with E-state index in [0.717, 1.165) is 0 Å². The van der Waals surface area contributed by atoms with Gasteiger partial charge in [-0.1, -0.05) is 0 Å². The van der Waals surface area contributed by atoms with Gasteiger partial charge in [0.15, 0.2) is 5.75 Å². The maximum atomic E-state index is 12.0. The van der Waals surface area contributed by atoms with Crippen molar-refractivity contribution in [2.45, 2.75) is 19.2 Å². The van der Waals surface area contributed by atoms with E-state index in [1.54, 1.807) is 6.92 Å². The van der Waals surface area contributed by atoms with Crippen LogP contribution in [0.5, 0.6) is 5.75 Å². The van der Waals surface area contributed by atoms with Crippen LogP contribution in [0.1, 0.15) is 11.4 Å². The van der Waals surface area contributed by atoms with Gasteiger partial charge in [-0.2, -0.15) is 0 Å². The number of hydrogen-bond acceptors (Lipinski definition) is 2. The molecule has 1 rings (SSSR count). The molecule has 0 aliphatic heterocycles. The first-order chi connectivity index (χ1) is 6.83. The van der Waals surface area contributed by atoms with E-state index in [4.69, 9.17) is 11.6 Å². The van der Waals surface area contributed by atoms with E-state index < -0.39 is 6.36 Å². The van der Waals surface area contributed by atoms with E-state index in [0.29, 0.717) is 9.26 Å². The summed E-state index contributed by atoms with van der Waals surface area (Å²) >= 11 is 7.35. The third-order valence-corrected chi connectivity index (χ3v) is 2.89. The summed E-state index contributed by atoms with van der Waals surface area (Å²) in [4.78, 5) is 3.91. The summed E-state index contributed by atoms with van der Waals surface area (Å²) in [5.41, 5.74) is 0.715. The van der Waals surface area contributed by atoms with Crippen LogP contribution < -0.4 is 4.74 Å². The lowest BCUT2D eigenvalue weighted by molar-refractivity contribution is -0.275. The molecule has 0 aromatic carbocycles. The molecule has 1 aromatic heterocycles.